The highest BCUT2D eigenvalue weighted by molar-refractivity contribution is 9.13. The van der Waals surface area contributed by atoms with Crippen molar-refractivity contribution >= 4 is 60.5 Å². The lowest BCUT2D eigenvalue weighted by Crippen LogP contribution is -2.29. The van der Waals surface area contributed by atoms with Gasteiger partial charge in [-0.15, -0.1) is 11.3 Å². The molecule has 3 nitrogen and oxygen atoms in total. The summed E-state index contributed by atoms with van der Waals surface area (Å²) in [5.74, 6) is -0.0814. The Hall–Kier alpha value is -0.850. The highest BCUT2D eigenvalue weighted by Crippen LogP contribution is 2.32. The van der Waals surface area contributed by atoms with Crippen LogP contribution in [-0.2, 0) is 0 Å². The third-order valence-corrected chi connectivity index (χ3v) is 6.97. The first-order valence-electron chi connectivity index (χ1n) is 7.25. The molecule has 3 rings (SSSR count). The van der Waals surface area contributed by atoms with E-state index in [-0.39, 0.29) is 5.91 Å². The van der Waals surface area contributed by atoms with E-state index in [0.717, 1.165) is 27.0 Å². The van der Waals surface area contributed by atoms with E-state index in [1.54, 1.807) is 0 Å². The zero-order valence-corrected chi connectivity index (χ0v) is 15.9. The van der Waals surface area contributed by atoms with Crippen LogP contribution in [0, 0.1) is 0 Å². The largest absolute Gasteiger partial charge is 0.372 e. The van der Waals surface area contributed by atoms with Gasteiger partial charge in [-0.1, -0.05) is 0 Å². The molecule has 1 aliphatic heterocycles. The minimum Gasteiger partial charge on any atom is -0.372 e. The SMILES string of the molecule is O=C(Nc1ccc(N2CCCCC2)cc1)c1cc(Br)c(Br)s1. The number of nitrogens with zero attached hydrogens (tertiary/aromatic N) is 1. The lowest BCUT2D eigenvalue weighted by atomic mass is 10.1. The Morgan fingerprint density at radius 2 is 1.77 bits per heavy atom. The van der Waals surface area contributed by atoms with Crippen LogP contribution in [0.2, 0.25) is 0 Å². The predicted octanol–water partition coefficient (Wildman–Crippen LogP) is 5.52. The molecule has 0 aliphatic carbocycles. The van der Waals surface area contributed by atoms with Crippen LogP contribution in [0.15, 0.2) is 38.6 Å². The summed E-state index contributed by atoms with van der Waals surface area (Å²) in [5, 5.41) is 2.94. The molecular formula is C16H16Br2N2OS. The van der Waals surface area contributed by atoms with Crippen LogP contribution in [0.3, 0.4) is 0 Å². The molecule has 0 unspecified atom stereocenters. The van der Waals surface area contributed by atoms with E-state index in [9.17, 15) is 4.79 Å². The second-order valence-corrected chi connectivity index (χ2v) is 8.51. The molecule has 0 atom stereocenters. The van der Waals surface area contributed by atoms with Gasteiger partial charge in [0, 0.05) is 28.9 Å². The minimum atomic E-state index is -0.0814. The van der Waals surface area contributed by atoms with Gasteiger partial charge in [0.15, 0.2) is 0 Å². The number of benzene rings is 1. The number of amides is 1. The molecule has 2 heterocycles. The van der Waals surface area contributed by atoms with Crippen LogP contribution in [-0.4, -0.2) is 19.0 Å². The Balaban J connectivity index is 1.66. The Bertz CT molecular complexity index is 644. The molecule has 6 heteroatoms. The van der Waals surface area contributed by atoms with Crippen LogP contribution in [0.5, 0.6) is 0 Å². The highest BCUT2D eigenvalue weighted by Gasteiger charge is 2.13. The Labute approximate surface area is 151 Å². The molecule has 1 aliphatic rings. The van der Waals surface area contributed by atoms with Gasteiger partial charge >= 0.3 is 0 Å². The first-order chi connectivity index (χ1) is 10.6. The van der Waals surface area contributed by atoms with Crippen LogP contribution < -0.4 is 10.2 Å². The van der Waals surface area contributed by atoms with Crippen LogP contribution in [0.1, 0.15) is 28.9 Å². The molecular weight excluding hydrogens is 428 g/mol. The van der Waals surface area contributed by atoms with Crippen molar-refractivity contribution in [1.29, 1.82) is 0 Å². The summed E-state index contributed by atoms with van der Waals surface area (Å²) in [6.07, 6.45) is 3.86. The van der Waals surface area contributed by atoms with E-state index in [4.69, 9.17) is 0 Å². The maximum Gasteiger partial charge on any atom is 0.265 e. The van der Waals surface area contributed by atoms with Crippen molar-refractivity contribution in [2.75, 3.05) is 23.3 Å². The van der Waals surface area contributed by atoms with Crippen molar-refractivity contribution < 1.29 is 4.79 Å². The lowest BCUT2D eigenvalue weighted by Gasteiger charge is -2.28. The molecule has 1 N–H and O–H groups in total. The summed E-state index contributed by atoms with van der Waals surface area (Å²) in [7, 11) is 0. The first kappa shape index (κ1) is 16.0. The summed E-state index contributed by atoms with van der Waals surface area (Å²) in [6, 6.07) is 9.94. The van der Waals surface area contributed by atoms with E-state index >= 15 is 0 Å². The second kappa shape index (κ2) is 7.15. The van der Waals surface area contributed by atoms with Crippen molar-refractivity contribution in [1.82, 2.24) is 0 Å². The zero-order chi connectivity index (χ0) is 15.5. The van der Waals surface area contributed by atoms with Gasteiger partial charge < -0.3 is 10.2 Å². The Morgan fingerprint density at radius 1 is 1.09 bits per heavy atom. The van der Waals surface area contributed by atoms with Gasteiger partial charge in [0.2, 0.25) is 0 Å². The second-order valence-electron chi connectivity index (χ2n) is 5.28. The van der Waals surface area contributed by atoms with Gasteiger partial charge in [-0.25, -0.2) is 0 Å². The lowest BCUT2D eigenvalue weighted by molar-refractivity contribution is 0.103. The van der Waals surface area contributed by atoms with E-state index in [1.807, 2.05) is 18.2 Å². The number of carbonyl (C=O) groups is 1. The molecule has 0 bridgehead atoms. The standard InChI is InChI=1S/C16H16Br2N2OS/c17-13-10-14(22-15(13)18)16(21)19-11-4-6-12(7-5-11)20-8-2-1-3-9-20/h4-7,10H,1-3,8-9H2,(H,19,21). The average molecular weight is 444 g/mol. The molecule has 0 saturated carbocycles. The summed E-state index contributed by atoms with van der Waals surface area (Å²) in [4.78, 5) is 15.3. The highest BCUT2D eigenvalue weighted by atomic mass is 79.9. The molecule has 0 spiro atoms. The quantitative estimate of drug-likeness (QED) is 0.677. The van der Waals surface area contributed by atoms with Crippen LogP contribution in [0.4, 0.5) is 11.4 Å². The van der Waals surface area contributed by atoms with Gasteiger partial charge in [0.25, 0.3) is 5.91 Å². The summed E-state index contributed by atoms with van der Waals surface area (Å²) in [6.45, 7) is 2.26. The Morgan fingerprint density at radius 3 is 2.36 bits per heavy atom. The van der Waals surface area contributed by atoms with Crippen LogP contribution >= 0.6 is 43.2 Å². The van der Waals surface area contributed by atoms with Gasteiger partial charge in [0.05, 0.1) is 8.66 Å². The third-order valence-electron chi connectivity index (χ3n) is 3.72. The fourth-order valence-electron chi connectivity index (χ4n) is 2.56. The Kier molecular flexibility index (Phi) is 5.21. The van der Waals surface area contributed by atoms with E-state index in [2.05, 4.69) is 54.2 Å². The van der Waals surface area contributed by atoms with Crippen molar-refractivity contribution in [3.8, 4) is 0 Å². The molecule has 1 aromatic heterocycles. The van der Waals surface area contributed by atoms with E-state index in [1.165, 1.54) is 36.3 Å². The number of nitrogens with one attached hydrogen (secondary N) is 1. The summed E-state index contributed by atoms with van der Waals surface area (Å²) >= 11 is 8.23. The number of rotatable bonds is 3. The maximum atomic E-state index is 12.2. The minimum absolute atomic E-state index is 0.0814. The molecule has 1 aromatic carbocycles. The van der Waals surface area contributed by atoms with E-state index in [0.29, 0.717) is 4.88 Å². The van der Waals surface area contributed by atoms with Crippen molar-refractivity contribution in [2.24, 2.45) is 0 Å². The van der Waals surface area contributed by atoms with Gasteiger partial charge in [-0.3, -0.25) is 4.79 Å². The molecule has 1 fully saturated rings. The fourth-order valence-corrected chi connectivity index (χ4v) is 4.49. The normalized spacial score (nSPS) is 14.9. The number of hydrogen-bond acceptors (Lipinski definition) is 3. The van der Waals surface area contributed by atoms with Crippen molar-refractivity contribution in [2.45, 2.75) is 19.3 Å². The third kappa shape index (κ3) is 3.73. The average Bonchev–Trinajstić information content (AvgIpc) is 2.88. The van der Waals surface area contributed by atoms with Crippen molar-refractivity contribution in [3.63, 3.8) is 0 Å². The maximum absolute atomic E-state index is 12.2. The zero-order valence-electron chi connectivity index (χ0n) is 11.9. The number of piperidine rings is 1. The number of anilines is 2. The smallest absolute Gasteiger partial charge is 0.265 e. The molecule has 22 heavy (non-hydrogen) atoms. The number of halogens is 2. The van der Waals surface area contributed by atoms with Crippen LogP contribution in [0.25, 0.3) is 0 Å². The summed E-state index contributed by atoms with van der Waals surface area (Å²) in [5.41, 5.74) is 2.06. The van der Waals surface area contributed by atoms with Gasteiger partial charge in [-0.2, -0.15) is 0 Å². The summed E-state index contributed by atoms with van der Waals surface area (Å²) < 4.78 is 1.83. The molecule has 0 radical (unpaired) electrons. The first-order valence-corrected chi connectivity index (χ1v) is 9.65. The number of carbonyl (C=O) groups excluding carboxylic acids is 1. The number of hydrogen-bond donors (Lipinski definition) is 1. The monoisotopic (exact) mass is 442 g/mol. The fraction of sp³-hybridized carbons (Fsp3) is 0.312. The molecule has 116 valence electrons. The number of thiophene rings is 1. The molecule has 2 aromatic rings. The topological polar surface area (TPSA) is 32.3 Å². The molecule has 1 amide bonds. The van der Waals surface area contributed by atoms with Crippen molar-refractivity contribution in [3.05, 3.63) is 43.5 Å². The predicted molar refractivity (Wildman–Crippen MR) is 100 cm³/mol. The van der Waals surface area contributed by atoms with Gasteiger partial charge in [0.1, 0.15) is 0 Å². The molecule has 1 saturated heterocycles. The van der Waals surface area contributed by atoms with Gasteiger partial charge in [-0.05, 0) is 81.5 Å². The van der Waals surface area contributed by atoms with E-state index < -0.39 is 0 Å².